The second kappa shape index (κ2) is 3.54. The average Bonchev–Trinajstić information content (AvgIpc) is 2.11. The van der Waals surface area contributed by atoms with Crippen molar-refractivity contribution in [1.82, 2.24) is 0 Å². The molecule has 0 radical (unpaired) electrons. The first-order chi connectivity index (χ1) is 6.24. The van der Waals surface area contributed by atoms with E-state index in [1.165, 1.54) is 12.8 Å². The van der Waals surface area contributed by atoms with Gasteiger partial charge in [0.1, 0.15) is 0 Å². The molecule has 0 heterocycles. The summed E-state index contributed by atoms with van der Waals surface area (Å²) in [6.07, 6.45) is 2.72. The fourth-order valence-corrected chi connectivity index (χ4v) is 3.59. The predicted molar refractivity (Wildman–Crippen MR) is 64.3 cm³/mol. The van der Waals surface area contributed by atoms with E-state index in [4.69, 9.17) is 0 Å². The molecule has 0 aromatic carbocycles. The van der Waals surface area contributed by atoms with Crippen molar-refractivity contribution in [2.24, 2.45) is 28.6 Å². The van der Waals surface area contributed by atoms with Crippen LogP contribution in [0.5, 0.6) is 0 Å². The minimum Gasteiger partial charge on any atom is -0.0649 e. The van der Waals surface area contributed by atoms with Gasteiger partial charge in [0, 0.05) is 0 Å². The van der Waals surface area contributed by atoms with Gasteiger partial charge in [-0.1, -0.05) is 54.9 Å². The molecule has 0 heteroatoms. The van der Waals surface area contributed by atoms with E-state index < -0.39 is 0 Å². The maximum atomic E-state index is 2.49. The van der Waals surface area contributed by atoms with Gasteiger partial charge < -0.3 is 0 Å². The van der Waals surface area contributed by atoms with Crippen molar-refractivity contribution >= 4 is 0 Å². The van der Waals surface area contributed by atoms with Gasteiger partial charge in [-0.2, -0.15) is 0 Å². The van der Waals surface area contributed by atoms with Crippen LogP contribution < -0.4 is 0 Å². The minimum atomic E-state index is 0.524. The van der Waals surface area contributed by atoms with E-state index in [1.807, 2.05) is 0 Å². The molecule has 84 valence electrons. The van der Waals surface area contributed by atoms with Crippen LogP contribution in [0.25, 0.3) is 0 Å². The quantitative estimate of drug-likeness (QED) is 0.568. The zero-order valence-electron chi connectivity index (χ0n) is 11.1. The molecule has 0 aromatic heterocycles. The predicted octanol–water partition coefficient (Wildman–Crippen LogP) is 4.74. The van der Waals surface area contributed by atoms with Crippen LogP contribution in [0.3, 0.4) is 0 Å². The first-order valence-electron chi connectivity index (χ1n) is 6.24. The summed E-state index contributed by atoms with van der Waals surface area (Å²) < 4.78 is 0. The average molecular weight is 196 g/mol. The topological polar surface area (TPSA) is 0 Å². The fraction of sp³-hybridized carbons (Fsp3) is 1.00. The summed E-state index contributed by atoms with van der Waals surface area (Å²) >= 11 is 0. The number of rotatable bonds is 1. The first-order valence-corrected chi connectivity index (χ1v) is 6.24. The third-order valence-electron chi connectivity index (χ3n) is 5.58. The van der Waals surface area contributed by atoms with Crippen molar-refractivity contribution in [3.05, 3.63) is 0 Å². The third kappa shape index (κ3) is 1.73. The van der Waals surface area contributed by atoms with Crippen LogP contribution in [0.2, 0.25) is 0 Å². The molecule has 14 heavy (non-hydrogen) atoms. The van der Waals surface area contributed by atoms with E-state index in [0.29, 0.717) is 10.8 Å². The lowest BCUT2D eigenvalue weighted by atomic mass is 9.51. The van der Waals surface area contributed by atoms with Crippen molar-refractivity contribution < 1.29 is 0 Å². The molecule has 0 N–H and O–H groups in total. The molecular weight excluding hydrogens is 168 g/mol. The standard InChI is InChI=1S/C14H28/c1-8-14(7)9-13(5,6)11(3)10(2)12(14)4/h10-12H,8-9H2,1-7H3. The van der Waals surface area contributed by atoms with Crippen LogP contribution in [0, 0.1) is 28.6 Å². The molecular formula is C14H28. The monoisotopic (exact) mass is 196 g/mol. The molecule has 1 aliphatic carbocycles. The Morgan fingerprint density at radius 3 is 1.93 bits per heavy atom. The highest BCUT2D eigenvalue weighted by atomic mass is 14.5. The lowest BCUT2D eigenvalue weighted by molar-refractivity contribution is -0.0489. The van der Waals surface area contributed by atoms with Gasteiger partial charge in [0.05, 0.1) is 0 Å². The summed E-state index contributed by atoms with van der Waals surface area (Å²) in [5.74, 6) is 2.59. The molecule has 4 atom stereocenters. The molecule has 0 amide bonds. The lowest BCUT2D eigenvalue weighted by Crippen LogP contribution is -2.46. The summed E-state index contributed by atoms with van der Waals surface area (Å²) in [6.45, 7) is 17.1. The van der Waals surface area contributed by atoms with Gasteiger partial charge in [-0.05, 0) is 35.0 Å². The van der Waals surface area contributed by atoms with Crippen molar-refractivity contribution in [2.75, 3.05) is 0 Å². The fourth-order valence-electron chi connectivity index (χ4n) is 3.59. The highest BCUT2D eigenvalue weighted by molar-refractivity contribution is 4.97. The Morgan fingerprint density at radius 2 is 1.50 bits per heavy atom. The Kier molecular flexibility index (Phi) is 3.05. The Morgan fingerprint density at radius 1 is 1.00 bits per heavy atom. The van der Waals surface area contributed by atoms with Crippen molar-refractivity contribution in [2.45, 2.75) is 61.3 Å². The molecule has 1 fully saturated rings. The second-order valence-corrected chi connectivity index (χ2v) is 6.61. The van der Waals surface area contributed by atoms with Gasteiger partial charge in [0.15, 0.2) is 0 Å². The van der Waals surface area contributed by atoms with E-state index in [1.54, 1.807) is 0 Å². The molecule has 0 nitrogen and oxygen atoms in total. The van der Waals surface area contributed by atoms with E-state index >= 15 is 0 Å². The van der Waals surface area contributed by atoms with E-state index in [2.05, 4.69) is 48.5 Å². The molecule has 0 aromatic rings. The molecule has 0 aliphatic heterocycles. The van der Waals surface area contributed by atoms with Crippen molar-refractivity contribution in [3.63, 3.8) is 0 Å². The maximum Gasteiger partial charge on any atom is -0.0295 e. The maximum absolute atomic E-state index is 2.49. The van der Waals surface area contributed by atoms with Crippen LogP contribution in [0.1, 0.15) is 61.3 Å². The molecule has 1 saturated carbocycles. The van der Waals surface area contributed by atoms with Gasteiger partial charge in [-0.15, -0.1) is 0 Å². The van der Waals surface area contributed by atoms with E-state index in [0.717, 1.165) is 17.8 Å². The van der Waals surface area contributed by atoms with Crippen LogP contribution in [-0.4, -0.2) is 0 Å². The lowest BCUT2D eigenvalue weighted by Gasteiger charge is -2.54. The molecule has 0 bridgehead atoms. The Balaban J connectivity index is 2.96. The zero-order valence-corrected chi connectivity index (χ0v) is 11.1. The molecule has 0 spiro atoms. The normalized spacial score (nSPS) is 47.8. The summed E-state index contributed by atoms with van der Waals surface area (Å²) in [4.78, 5) is 0. The summed E-state index contributed by atoms with van der Waals surface area (Å²) in [5, 5.41) is 0. The van der Waals surface area contributed by atoms with Crippen LogP contribution in [-0.2, 0) is 0 Å². The van der Waals surface area contributed by atoms with E-state index in [-0.39, 0.29) is 0 Å². The van der Waals surface area contributed by atoms with Crippen LogP contribution >= 0.6 is 0 Å². The van der Waals surface area contributed by atoms with Gasteiger partial charge in [0.25, 0.3) is 0 Å². The minimum absolute atomic E-state index is 0.524. The van der Waals surface area contributed by atoms with Crippen LogP contribution in [0.4, 0.5) is 0 Å². The first kappa shape index (κ1) is 12.1. The molecule has 4 unspecified atom stereocenters. The summed E-state index contributed by atoms with van der Waals surface area (Å²) in [6, 6.07) is 0. The van der Waals surface area contributed by atoms with Gasteiger partial charge in [-0.3, -0.25) is 0 Å². The van der Waals surface area contributed by atoms with Gasteiger partial charge in [-0.25, -0.2) is 0 Å². The van der Waals surface area contributed by atoms with Crippen LogP contribution in [0.15, 0.2) is 0 Å². The molecule has 0 saturated heterocycles. The number of hydrogen-bond donors (Lipinski definition) is 0. The highest BCUT2D eigenvalue weighted by Crippen LogP contribution is 2.56. The largest absolute Gasteiger partial charge is 0.0649 e. The Bertz CT molecular complexity index is 204. The summed E-state index contributed by atoms with van der Waals surface area (Å²) in [5.41, 5.74) is 1.09. The van der Waals surface area contributed by atoms with Crippen molar-refractivity contribution in [1.29, 1.82) is 0 Å². The van der Waals surface area contributed by atoms with Gasteiger partial charge >= 0.3 is 0 Å². The SMILES string of the molecule is CCC1(C)CC(C)(C)C(C)C(C)C1C. The van der Waals surface area contributed by atoms with E-state index in [9.17, 15) is 0 Å². The Hall–Kier alpha value is 0. The molecule has 1 rings (SSSR count). The zero-order chi connectivity index (χ0) is 11.1. The summed E-state index contributed by atoms with van der Waals surface area (Å²) in [7, 11) is 0. The smallest absolute Gasteiger partial charge is 0.0295 e. The third-order valence-corrected chi connectivity index (χ3v) is 5.58. The Labute approximate surface area is 90.5 Å². The van der Waals surface area contributed by atoms with Gasteiger partial charge in [0.2, 0.25) is 0 Å². The highest BCUT2D eigenvalue weighted by Gasteiger charge is 2.47. The second-order valence-electron chi connectivity index (χ2n) is 6.61. The van der Waals surface area contributed by atoms with Crippen molar-refractivity contribution in [3.8, 4) is 0 Å². The molecule has 1 aliphatic rings. The number of hydrogen-bond acceptors (Lipinski definition) is 0.